The van der Waals surface area contributed by atoms with Crippen molar-refractivity contribution >= 4 is 11.4 Å². The highest BCUT2D eigenvalue weighted by molar-refractivity contribution is 6.13. The molecule has 1 N–H and O–H groups in total. The fourth-order valence-electron chi connectivity index (χ4n) is 3.07. The minimum Gasteiger partial charge on any atom is -0.360 e. The first-order valence-corrected chi connectivity index (χ1v) is 8.53. The molecule has 0 amide bonds. The Labute approximate surface area is 148 Å². The van der Waals surface area contributed by atoms with Gasteiger partial charge in [-0.15, -0.1) is 0 Å². The number of nitrogens with zero attached hydrogens (tertiary/aromatic N) is 1. The Bertz CT molecular complexity index is 925. The molecule has 4 rings (SSSR count). The van der Waals surface area contributed by atoms with Gasteiger partial charge >= 0.3 is 0 Å². The molecule has 122 valence electrons. The molecule has 2 nitrogen and oxygen atoms in total. The van der Waals surface area contributed by atoms with Crippen molar-refractivity contribution in [3.05, 3.63) is 113 Å². The van der Waals surface area contributed by atoms with Crippen molar-refractivity contribution in [3.8, 4) is 0 Å². The van der Waals surface area contributed by atoms with Crippen LogP contribution in [0.1, 0.15) is 28.4 Å². The summed E-state index contributed by atoms with van der Waals surface area (Å²) in [5, 5.41) is 3.57. The van der Waals surface area contributed by atoms with Crippen LogP contribution in [0.15, 0.2) is 96.0 Å². The van der Waals surface area contributed by atoms with Crippen molar-refractivity contribution in [2.75, 3.05) is 0 Å². The number of allylic oxidation sites excluding steroid dienone is 1. The maximum Gasteiger partial charge on any atom is 0.145 e. The first-order valence-electron chi connectivity index (χ1n) is 8.53. The van der Waals surface area contributed by atoms with E-state index in [-0.39, 0.29) is 6.17 Å². The summed E-state index contributed by atoms with van der Waals surface area (Å²) in [4.78, 5) is 4.97. The minimum absolute atomic E-state index is 0.0862. The van der Waals surface area contributed by atoms with Gasteiger partial charge in [-0.2, -0.15) is 0 Å². The molecule has 0 bridgehead atoms. The molecule has 1 aliphatic rings. The highest BCUT2D eigenvalue weighted by Gasteiger charge is 2.19. The van der Waals surface area contributed by atoms with Crippen LogP contribution in [-0.2, 0) is 0 Å². The van der Waals surface area contributed by atoms with Crippen molar-refractivity contribution in [2.45, 2.75) is 13.1 Å². The molecule has 0 aromatic heterocycles. The van der Waals surface area contributed by atoms with Gasteiger partial charge in [0.15, 0.2) is 0 Å². The van der Waals surface area contributed by atoms with E-state index in [2.05, 4.69) is 91.1 Å². The maximum atomic E-state index is 4.97. The van der Waals surface area contributed by atoms with Crippen LogP contribution in [0.25, 0.3) is 5.70 Å². The topological polar surface area (TPSA) is 24.4 Å². The van der Waals surface area contributed by atoms with Crippen LogP contribution in [0.2, 0.25) is 0 Å². The summed E-state index contributed by atoms with van der Waals surface area (Å²) in [5.41, 5.74) is 6.83. The Hall–Kier alpha value is -3.13. The zero-order valence-corrected chi connectivity index (χ0v) is 14.2. The summed E-state index contributed by atoms with van der Waals surface area (Å²) in [6.45, 7) is 2.11. The molecule has 0 saturated heterocycles. The Morgan fingerprint density at radius 2 is 1.44 bits per heavy atom. The first-order chi connectivity index (χ1) is 12.3. The van der Waals surface area contributed by atoms with Crippen molar-refractivity contribution in [3.63, 3.8) is 0 Å². The van der Waals surface area contributed by atoms with Crippen LogP contribution in [0.4, 0.5) is 0 Å². The third-order valence-corrected chi connectivity index (χ3v) is 4.36. The van der Waals surface area contributed by atoms with Gasteiger partial charge in [0.05, 0.1) is 5.71 Å². The van der Waals surface area contributed by atoms with E-state index >= 15 is 0 Å². The molecule has 1 unspecified atom stereocenters. The van der Waals surface area contributed by atoms with E-state index in [1.54, 1.807) is 0 Å². The monoisotopic (exact) mass is 324 g/mol. The van der Waals surface area contributed by atoms with Crippen LogP contribution in [0, 0.1) is 6.92 Å². The van der Waals surface area contributed by atoms with Gasteiger partial charge < -0.3 is 5.32 Å². The highest BCUT2D eigenvalue weighted by Crippen LogP contribution is 2.26. The molecular formula is C23H20N2. The van der Waals surface area contributed by atoms with E-state index in [9.17, 15) is 0 Å². The fourth-order valence-corrected chi connectivity index (χ4v) is 3.07. The standard InChI is InChI=1S/C23H20N2/c1-17-9-8-14-20(15-17)22-16-21(18-10-4-2-5-11-18)24-23(25-22)19-12-6-3-7-13-19/h2-16,23-24H,1H3. The van der Waals surface area contributed by atoms with Crippen LogP contribution >= 0.6 is 0 Å². The van der Waals surface area contributed by atoms with E-state index in [4.69, 9.17) is 4.99 Å². The summed E-state index contributed by atoms with van der Waals surface area (Å²) in [6, 6.07) is 29.3. The number of benzene rings is 3. The summed E-state index contributed by atoms with van der Waals surface area (Å²) in [7, 11) is 0. The third-order valence-electron chi connectivity index (χ3n) is 4.36. The van der Waals surface area contributed by atoms with Gasteiger partial charge in [0.1, 0.15) is 6.17 Å². The molecule has 1 aliphatic heterocycles. The Morgan fingerprint density at radius 1 is 0.760 bits per heavy atom. The molecule has 1 atom stereocenters. The third kappa shape index (κ3) is 3.38. The average Bonchev–Trinajstić information content (AvgIpc) is 2.69. The second kappa shape index (κ2) is 6.78. The van der Waals surface area contributed by atoms with Crippen LogP contribution in [0.3, 0.4) is 0 Å². The zero-order chi connectivity index (χ0) is 17.1. The van der Waals surface area contributed by atoms with Gasteiger partial charge in [-0.1, -0.05) is 84.4 Å². The summed E-state index contributed by atoms with van der Waals surface area (Å²) >= 11 is 0. The predicted molar refractivity (Wildman–Crippen MR) is 104 cm³/mol. The largest absolute Gasteiger partial charge is 0.360 e. The van der Waals surface area contributed by atoms with E-state index in [1.807, 2.05) is 12.1 Å². The molecule has 0 saturated carbocycles. The SMILES string of the molecule is Cc1cccc(C2=NC(c3ccccc3)NC(c3ccccc3)=C2)c1. The number of rotatable bonds is 3. The minimum atomic E-state index is -0.0862. The lowest BCUT2D eigenvalue weighted by molar-refractivity contribution is 0.664. The normalized spacial score (nSPS) is 16.6. The maximum absolute atomic E-state index is 4.97. The molecule has 0 spiro atoms. The van der Waals surface area contributed by atoms with Crippen molar-refractivity contribution in [1.82, 2.24) is 5.32 Å². The number of aryl methyl sites for hydroxylation is 1. The Kier molecular flexibility index (Phi) is 4.17. The molecule has 1 heterocycles. The van der Waals surface area contributed by atoms with E-state index < -0.39 is 0 Å². The van der Waals surface area contributed by atoms with Gasteiger partial charge in [-0.3, -0.25) is 4.99 Å². The Morgan fingerprint density at radius 3 is 2.16 bits per heavy atom. The molecule has 0 radical (unpaired) electrons. The second-order valence-electron chi connectivity index (χ2n) is 6.27. The second-order valence-corrected chi connectivity index (χ2v) is 6.27. The van der Waals surface area contributed by atoms with Crippen LogP contribution in [0.5, 0.6) is 0 Å². The van der Waals surface area contributed by atoms with E-state index in [0.29, 0.717) is 0 Å². The zero-order valence-electron chi connectivity index (χ0n) is 14.2. The quantitative estimate of drug-likeness (QED) is 0.710. The molecule has 3 aromatic rings. The molecule has 25 heavy (non-hydrogen) atoms. The number of hydrogen-bond donors (Lipinski definition) is 1. The van der Waals surface area contributed by atoms with Crippen molar-refractivity contribution < 1.29 is 0 Å². The summed E-state index contributed by atoms with van der Waals surface area (Å²) < 4.78 is 0. The number of nitrogens with one attached hydrogen (secondary N) is 1. The highest BCUT2D eigenvalue weighted by atomic mass is 15.1. The van der Waals surface area contributed by atoms with Gasteiger partial charge in [0, 0.05) is 11.3 Å². The number of hydrogen-bond acceptors (Lipinski definition) is 2. The van der Waals surface area contributed by atoms with Crippen molar-refractivity contribution in [1.29, 1.82) is 0 Å². The fraction of sp³-hybridized carbons (Fsp3) is 0.0870. The van der Waals surface area contributed by atoms with Gasteiger partial charge in [-0.05, 0) is 30.2 Å². The molecular weight excluding hydrogens is 304 g/mol. The smallest absolute Gasteiger partial charge is 0.145 e. The van der Waals surface area contributed by atoms with E-state index in [1.165, 1.54) is 11.1 Å². The van der Waals surface area contributed by atoms with Gasteiger partial charge in [0.2, 0.25) is 0 Å². The average molecular weight is 324 g/mol. The predicted octanol–water partition coefficient (Wildman–Crippen LogP) is 5.13. The molecule has 2 heteroatoms. The lowest BCUT2D eigenvalue weighted by atomic mass is 10.0. The van der Waals surface area contributed by atoms with Crippen molar-refractivity contribution in [2.24, 2.45) is 4.99 Å². The lowest BCUT2D eigenvalue weighted by Gasteiger charge is -2.25. The van der Waals surface area contributed by atoms with Crippen LogP contribution < -0.4 is 5.32 Å². The lowest BCUT2D eigenvalue weighted by Crippen LogP contribution is -2.24. The van der Waals surface area contributed by atoms with Gasteiger partial charge in [0.25, 0.3) is 0 Å². The molecule has 3 aromatic carbocycles. The number of aliphatic imine (C=N–C) groups is 1. The Balaban J connectivity index is 1.80. The summed E-state index contributed by atoms with van der Waals surface area (Å²) in [5.74, 6) is 0. The summed E-state index contributed by atoms with van der Waals surface area (Å²) in [6.07, 6.45) is 2.06. The first kappa shape index (κ1) is 15.4. The van der Waals surface area contributed by atoms with Gasteiger partial charge in [-0.25, -0.2) is 0 Å². The molecule has 0 aliphatic carbocycles. The molecule has 0 fully saturated rings. The van der Waals surface area contributed by atoms with E-state index in [0.717, 1.165) is 22.5 Å². The van der Waals surface area contributed by atoms with Crippen LogP contribution in [-0.4, -0.2) is 5.71 Å².